The van der Waals surface area contributed by atoms with E-state index >= 15 is 0 Å². The van der Waals surface area contributed by atoms with Crippen LogP contribution >= 0.6 is 34.9 Å². The largest absolute Gasteiger partial charge is 0.383 e. The predicted octanol–water partition coefficient (Wildman–Crippen LogP) is 5.11. The van der Waals surface area contributed by atoms with Gasteiger partial charge in [-0.15, -0.1) is 23.1 Å². The quantitative estimate of drug-likeness (QED) is 0.139. The number of nitrogens with one attached hydrogen (secondary N) is 1. The molecule has 0 radical (unpaired) electrons. The van der Waals surface area contributed by atoms with E-state index in [-0.39, 0.29) is 17.5 Å². The predicted molar refractivity (Wildman–Crippen MR) is 214 cm³/mol. The number of hydrogen-bond donors (Lipinski definition) is 4. The summed E-state index contributed by atoms with van der Waals surface area (Å²) >= 11 is 5.28. The molecule has 0 saturated carbocycles. The first-order valence-corrected chi connectivity index (χ1v) is 20.2. The Morgan fingerprint density at radius 3 is 2.35 bits per heavy atom. The molecule has 3 atom stereocenters. The van der Waals surface area contributed by atoms with E-state index in [2.05, 4.69) is 79.0 Å². The van der Waals surface area contributed by atoms with Crippen molar-refractivity contribution in [2.24, 2.45) is 11.5 Å². The fourth-order valence-corrected chi connectivity index (χ4v) is 9.85. The number of thiophene rings is 1. The van der Waals surface area contributed by atoms with Crippen molar-refractivity contribution in [3.05, 3.63) is 88.2 Å². The molecule has 13 nitrogen and oxygen atoms in total. The zero-order chi connectivity index (χ0) is 35.2. The summed E-state index contributed by atoms with van der Waals surface area (Å²) in [6.45, 7) is 4.76. The maximum Gasteiger partial charge on any atom is 0.183 e. The van der Waals surface area contributed by atoms with Crippen LogP contribution in [0, 0.1) is 0 Å². The van der Waals surface area contributed by atoms with Gasteiger partial charge in [0.1, 0.15) is 29.0 Å². The number of thioether (sulfide) groups is 1. The molecular formula is C36H41N13S3. The van der Waals surface area contributed by atoms with Crippen LogP contribution in [0.15, 0.2) is 93.1 Å². The topological polar surface area (TPSA) is 160 Å². The zero-order valence-corrected chi connectivity index (χ0v) is 31.0. The summed E-state index contributed by atoms with van der Waals surface area (Å²) in [5.41, 5.74) is 21.6. The summed E-state index contributed by atoms with van der Waals surface area (Å²) < 4.78 is 3.68. The Morgan fingerprint density at radius 2 is 1.62 bits per heavy atom. The first-order valence-electron chi connectivity index (χ1n) is 17.6. The molecule has 52 heavy (non-hydrogen) atoms. The molecule has 0 amide bonds. The van der Waals surface area contributed by atoms with Crippen molar-refractivity contribution in [2.75, 3.05) is 58.5 Å². The molecule has 2 saturated heterocycles. The molecule has 1 aromatic carbocycles. The molecule has 0 bridgehead atoms. The van der Waals surface area contributed by atoms with Crippen LogP contribution in [0.1, 0.15) is 24.1 Å². The minimum atomic E-state index is 0.121. The Balaban J connectivity index is 0.977. The molecule has 1 unspecified atom stereocenters. The van der Waals surface area contributed by atoms with Crippen molar-refractivity contribution in [1.29, 1.82) is 0 Å². The van der Waals surface area contributed by atoms with Crippen LogP contribution in [-0.2, 0) is 6.54 Å². The molecular weight excluding hydrogens is 711 g/mol. The molecule has 9 rings (SSSR count). The monoisotopic (exact) mass is 751 g/mol. The summed E-state index contributed by atoms with van der Waals surface area (Å²) in [5, 5.41) is 15.6. The number of benzene rings is 1. The van der Waals surface area contributed by atoms with Crippen molar-refractivity contribution in [3.8, 4) is 0 Å². The van der Waals surface area contributed by atoms with Gasteiger partial charge in [0, 0.05) is 71.6 Å². The number of nitrogen functional groups attached to an aromatic ring is 1. The number of anilines is 5. The van der Waals surface area contributed by atoms with Crippen molar-refractivity contribution in [2.45, 2.75) is 53.1 Å². The Morgan fingerprint density at radius 1 is 0.865 bits per heavy atom. The lowest BCUT2D eigenvalue weighted by Gasteiger charge is -2.25. The number of nitrogens with two attached hydrogens (primary N) is 3. The highest BCUT2D eigenvalue weighted by atomic mass is 32.2. The van der Waals surface area contributed by atoms with Crippen LogP contribution in [-0.4, -0.2) is 79.4 Å². The number of hydrogen-bond acceptors (Lipinski definition) is 14. The summed E-state index contributed by atoms with van der Waals surface area (Å²) in [5.74, 6) is 3.24. The first kappa shape index (κ1) is 33.4. The molecule has 2 fully saturated rings. The van der Waals surface area contributed by atoms with Crippen LogP contribution < -0.4 is 37.2 Å². The van der Waals surface area contributed by atoms with E-state index in [1.807, 2.05) is 40.8 Å². The van der Waals surface area contributed by atoms with Gasteiger partial charge in [-0.25, -0.2) is 9.97 Å². The highest BCUT2D eigenvalue weighted by Gasteiger charge is 2.28. The maximum atomic E-state index is 6.54. The average molecular weight is 752 g/mol. The standard InChI is InChI=1S/C36H41N13S3/c37-23-10-12-45(19-23)31-15-30(39)48-35(43-31)28(17-40-48)47(21-26-7-4-14-50-26)22-27-8-9-34(52-27)42-33-16-32(46-13-11-24(38)20-46)44-36-29(18-41-49(33)36)51-25-5-2-1-3-6-25/h1-8,14-18,23-24,34,42H,9-13,19-22,37-39H2/t23-,24-,34?/m0/s1. The third-order valence-electron chi connectivity index (χ3n) is 9.74. The van der Waals surface area contributed by atoms with Gasteiger partial charge in [0.2, 0.25) is 0 Å². The molecule has 16 heteroatoms. The molecule has 0 spiro atoms. The number of rotatable bonds is 11. The Bertz CT molecular complexity index is 2220. The second-order valence-electron chi connectivity index (χ2n) is 13.5. The molecule has 5 aromatic heterocycles. The maximum absolute atomic E-state index is 6.54. The molecule has 6 aromatic rings. The minimum absolute atomic E-state index is 0.121. The van der Waals surface area contributed by atoms with Crippen LogP contribution in [0.4, 0.5) is 29.0 Å². The van der Waals surface area contributed by atoms with Gasteiger partial charge < -0.3 is 37.2 Å². The van der Waals surface area contributed by atoms with Gasteiger partial charge in [-0.3, -0.25) is 0 Å². The second kappa shape index (κ2) is 14.2. The van der Waals surface area contributed by atoms with Crippen LogP contribution in [0.25, 0.3) is 11.3 Å². The lowest BCUT2D eigenvalue weighted by atomic mass is 10.3. The number of nitrogens with zero attached hydrogens (tertiary/aromatic N) is 9. The van der Waals surface area contributed by atoms with Gasteiger partial charge in [0.15, 0.2) is 11.3 Å². The smallest absolute Gasteiger partial charge is 0.183 e. The molecule has 7 N–H and O–H groups in total. The third-order valence-corrected chi connectivity index (χ3v) is 12.8. The van der Waals surface area contributed by atoms with E-state index < -0.39 is 0 Å². The summed E-state index contributed by atoms with van der Waals surface area (Å²) in [7, 11) is 0. The van der Waals surface area contributed by atoms with Crippen molar-refractivity contribution >= 4 is 75.1 Å². The third kappa shape index (κ3) is 6.76. The van der Waals surface area contributed by atoms with Crippen LogP contribution in [0.5, 0.6) is 0 Å². The SMILES string of the molecule is Nc1cc(N2CC[C@H](N)C2)nc2c(N(CC3=CCC(Nc4cc(N5CC[C@H](N)C5)nc5c(Sc6ccccc6)cnn45)S3)Cc3cccs3)cnn12. The van der Waals surface area contributed by atoms with Gasteiger partial charge in [0.05, 0.1) is 29.2 Å². The van der Waals surface area contributed by atoms with Gasteiger partial charge >= 0.3 is 0 Å². The number of aromatic nitrogens is 6. The van der Waals surface area contributed by atoms with Gasteiger partial charge in [-0.1, -0.05) is 42.1 Å². The van der Waals surface area contributed by atoms with E-state index in [1.165, 1.54) is 9.78 Å². The molecule has 268 valence electrons. The van der Waals surface area contributed by atoms with E-state index in [4.69, 9.17) is 32.3 Å². The molecule has 8 heterocycles. The molecule has 0 aliphatic carbocycles. The van der Waals surface area contributed by atoms with Crippen molar-refractivity contribution in [3.63, 3.8) is 0 Å². The number of fused-ring (bicyclic) bond motifs is 2. The zero-order valence-electron chi connectivity index (χ0n) is 28.6. The average Bonchev–Trinajstić information content (AvgIpc) is 4.00. The Labute approximate surface area is 314 Å². The highest BCUT2D eigenvalue weighted by molar-refractivity contribution is 8.04. The van der Waals surface area contributed by atoms with Crippen LogP contribution in [0.3, 0.4) is 0 Å². The lowest BCUT2D eigenvalue weighted by molar-refractivity contribution is 0.751. The van der Waals surface area contributed by atoms with E-state index in [0.717, 1.165) is 96.2 Å². The normalized spacial score (nSPS) is 20.4. The Kier molecular flexibility index (Phi) is 9.08. The fraction of sp³-hybridized carbons (Fsp3) is 0.333. The highest BCUT2D eigenvalue weighted by Crippen LogP contribution is 2.38. The summed E-state index contributed by atoms with van der Waals surface area (Å²) in [6, 6.07) is 19.0. The molecule has 3 aliphatic rings. The van der Waals surface area contributed by atoms with E-state index in [0.29, 0.717) is 12.4 Å². The summed E-state index contributed by atoms with van der Waals surface area (Å²) in [6.07, 6.45) is 8.91. The second-order valence-corrected chi connectivity index (χ2v) is 17.0. The summed E-state index contributed by atoms with van der Waals surface area (Å²) in [4.78, 5) is 21.8. The lowest BCUT2D eigenvalue weighted by Crippen LogP contribution is -2.27. The van der Waals surface area contributed by atoms with Gasteiger partial charge in [0.25, 0.3) is 0 Å². The van der Waals surface area contributed by atoms with Crippen LogP contribution in [0.2, 0.25) is 0 Å². The molecule has 3 aliphatic heterocycles. The van der Waals surface area contributed by atoms with Gasteiger partial charge in [-0.05, 0) is 42.8 Å². The van der Waals surface area contributed by atoms with Crippen molar-refractivity contribution in [1.82, 2.24) is 29.2 Å². The van der Waals surface area contributed by atoms with E-state index in [9.17, 15) is 0 Å². The van der Waals surface area contributed by atoms with Gasteiger partial charge in [-0.2, -0.15) is 19.2 Å². The Hall–Kier alpha value is -4.48. The van der Waals surface area contributed by atoms with E-state index in [1.54, 1.807) is 27.6 Å². The minimum Gasteiger partial charge on any atom is -0.383 e. The van der Waals surface area contributed by atoms with Crippen molar-refractivity contribution < 1.29 is 0 Å². The first-order chi connectivity index (χ1) is 25.4. The fourth-order valence-electron chi connectivity index (χ4n) is 7.10.